The summed E-state index contributed by atoms with van der Waals surface area (Å²) in [5.41, 5.74) is 9.15. The van der Waals surface area contributed by atoms with Crippen LogP contribution in [-0.2, 0) is 23.2 Å². The predicted molar refractivity (Wildman–Crippen MR) is 107 cm³/mol. The van der Waals surface area contributed by atoms with Crippen molar-refractivity contribution in [1.29, 1.82) is 0 Å². The van der Waals surface area contributed by atoms with Crippen LogP contribution < -0.4 is 15.2 Å². The van der Waals surface area contributed by atoms with Crippen molar-refractivity contribution in [3.63, 3.8) is 0 Å². The molecule has 0 amide bonds. The monoisotopic (exact) mass is 382 g/mol. The fourth-order valence-electron chi connectivity index (χ4n) is 2.62. The Kier molecular flexibility index (Phi) is 5.78. The Morgan fingerprint density at radius 2 is 1.52 bits per heavy atom. The van der Waals surface area contributed by atoms with Crippen LogP contribution >= 0.6 is 0 Å². The molecule has 0 saturated carbocycles. The lowest BCUT2D eigenvalue weighted by atomic mass is 10.1. The van der Waals surface area contributed by atoms with Gasteiger partial charge in [0.2, 0.25) is 10.0 Å². The fraction of sp³-hybridized carbons (Fsp3) is 0.143. The summed E-state index contributed by atoms with van der Waals surface area (Å²) in [6.45, 7) is 2.59. The molecule has 0 aliphatic heterocycles. The molecule has 0 radical (unpaired) electrons. The molecule has 5 nitrogen and oxygen atoms in total. The zero-order valence-corrected chi connectivity index (χ0v) is 15.9. The fourth-order valence-corrected chi connectivity index (χ4v) is 3.63. The van der Waals surface area contributed by atoms with Crippen LogP contribution in [0.5, 0.6) is 5.75 Å². The van der Waals surface area contributed by atoms with Crippen molar-refractivity contribution in [3.8, 4) is 5.75 Å². The molecule has 3 N–H and O–H groups in total. The summed E-state index contributed by atoms with van der Waals surface area (Å²) < 4.78 is 33.5. The molecule has 27 heavy (non-hydrogen) atoms. The van der Waals surface area contributed by atoms with Crippen LogP contribution in [0.25, 0.3) is 0 Å². The van der Waals surface area contributed by atoms with Gasteiger partial charge in [0.1, 0.15) is 12.4 Å². The van der Waals surface area contributed by atoms with E-state index in [1.165, 1.54) is 12.1 Å². The van der Waals surface area contributed by atoms with E-state index in [0.717, 1.165) is 16.7 Å². The Labute approximate surface area is 159 Å². The Hall–Kier alpha value is -2.83. The molecule has 0 bridgehead atoms. The summed E-state index contributed by atoms with van der Waals surface area (Å²) >= 11 is 0. The average Bonchev–Trinajstić information content (AvgIpc) is 2.67. The van der Waals surface area contributed by atoms with Crippen LogP contribution in [0.3, 0.4) is 0 Å². The first kappa shape index (κ1) is 18.9. The second kappa shape index (κ2) is 8.24. The van der Waals surface area contributed by atoms with Gasteiger partial charge in [-0.3, -0.25) is 0 Å². The van der Waals surface area contributed by atoms with Gasteiger partial charge in [-0.15, -0.1) is 0 Å². The summed E-state index contributed by atoms with van der Waals surface area (Å²) in [6.07, 6.45) is 0. The van der Waals surface area contributed by atoms with E-state index in [4.69, 9.17) is 10.5 Å². The maximum atomic E-state index is 12.5. The quantitative estimate of drug-likeness (QED) is 0.611. The minimum atomic E-state index is -3.63. The minimum Gasteiger partial charge on any atom is -0.489 e. The van der Waals surface area contributed by atoms with E-state index in [1.54, 1.807) is 12.1 Å². The third-order valence-electron chi connectivity index (χ3n) is 4.26. The number of hydrogen-bond donors (Lipinski definition) is 2. The highest BCUT2D eigenvalue weighted by atomic mass is 32.2. The number of rotatable bonds is 7. The molecule has 0 heterocycles. The SMILES string of the molecule is Cc1ccccc1COc1ccccc1CNS(=O)(=O)c1ccc(N)cc1. The number of anilines is 1. The highest BCUT2D eigenvalue weighted by molar-refractivity contribution is 7.89. The van der Waals surface area contributed by atoms with E-state index in [0.29, 0.717) is 18.0 Å². The van der Waals surface area contributed by atoms with Gasteiger partial charge in [0, 0.05) is 17.8 Å². The lowest BCUT2D eigenvalue weighted by Crippen LogP contribution is -2.23. The van der Waals surface area contributed by atoms with Crippen molar-refractivity contribution < 1.29 is 13.2 Å². The Morgan fingerprint density at radius 1 is 0.889 bits per heavy atom. The van der Waals surface area contributed by atoms with Crippen molar-refractivity contribution in [3.05, 3.63) is 89.5 Å². The lowest BCUT2D eigenvalue weighted by Gasteiger charge is -2.13. The second-order valence-corrected chi connectivity index (χ2v) is 7.98. The van der Waals surface area contributed by atoms with Crippen LogP contribution in [0.4, 0.5) is 5.69 Å². The van der Waals surface area contributed by atoms with Crippen molar-refractivity contribution in [2.45, 2.75) is 25.0 Å². The number of nitrogen functional groups attached to an aromatic ring is 1. The van der Waals surface area contributed by atoms with Crippen LogP contribution in [0, 0.1) is 6.92 Å². The molecule has 3 aromatic rings. The van der Waals surface area contributed by atoms with E-state index < -0.39 is 10.0 Å². The predicted octanol–water partition coefficient (Wildman–Crippen LogP) is 3.63. The molecular formula is C21H22N2O3S. The number of nitrogens with one attached hydrogen (secondary N) is 1. The maximum absolute atomic E-state index is 12.5. The Morgan fingerprint density at radius 3 is 2.22 bits per heavy atom. The highest BCUT2D eigenvalue weighted by Crippen LogP contribution is 2.21. The molecule has 0 spiro atoms. The van der Waals surface area contributed by atoms with Crippen molar-refractivity contribution >= 4 is 15.7 Å². The van der Waals surface area contributed by atoms with Crippen LogP contribution in [0.15, 0.2) is 77.7 Å². The first-order valence-corrected chi connectivity index (χ1v) is 10.0. The van der Waals surface area contributed by atoms with E-state index in [9.17, 15) is 8.42 Å². The standard InChI is InChI=1S/C21H22N2O3S/c1-16-6-2-3-8-18(16)15-26-21-9-5-4-7-17(21)14-23-27(24,25)20-12-10-19(22)11-13-20/h2-13,23H,14-15,22H2,1H3. The van der Waals surface area contributed by atoms with Gasteiger partial charge < -0.3 is 10.5 Å². The van der Waals surface area contributed by atoms with Gasteiger partial charge in [0.15, 0.2) is 0 Å². The number of hydrogen-bond acceptors (Lipinski definition) is 4. The topological polar surface area (TPSA) is 81.4 Å². The molecule has 0 saturated heterocycles. The number of para-hydroxylation sites is 1. The molecule has 0 aromatic heterocycles. The van der Waals surface area contributed by atoms with Crippen LogP contribution in [0.1, 0.15) is 16.7 Å². The number of sulfonamides is 1. The largest absolute Gasteiger partial charge is 0.489 e. The summed E-state index contributed by atoms with van der Waals surface area (Å²) in [5, 5.41) is 0. The van der Waals surface area contributed by atoms with Crippen molar-refractivity contribution in [2.24, 2.45) is 0 Å². The Bertz CT molecular complexity index is 1020. The molecule has 3 aromatic carbocycles. The van der Waals surface area contributed by atoms with Gasteiger partial charge in [-0.1, -0.05) is 42.5 Å². The summed E-state index contributed by atoms with van der Waals surface area (Å²) in [7, 11) is -3.63. The molecule has 0 aliphatic rings. The van der Waals surface area contributed by atoms with Gasteiger partial charge >= 0.3 is 0 Å². The molecule has 3 rings (SSSR count). The van der Waals surface area contributed by atoms with Gasteiger partial charge in [0.05, 0.1) is 4.90 Å². The van der Waals surface area contributed by atoms with E-state index >= 15 is 0 Å². The zero-order valence-electron chi connectivity index (χ0n) is 15.1. The van der Waals surface area contributed by atoms with E-state index in [2.05, 4.69) is 4.72 Å². The molecule has 0 fully saturated rings. The molecule has 140 valence electrons. The average molecular weight is 382 g/mol. The van der Waals surface area contributed by atoms with Crippen LogP contribution in [0.2, 0.25) is 0 Å². The van der Waals surface area contributed by atoms with Gasteiger partial charge in [0.25, 0.3) is 0 Å². The second-order valence-electron chi connectivity index (χ2n) is 6.22. The number of ether oxygens (including phenoxy) is 1. The molecule has 0 atom stereocenters. The zero-order chi connectivity index (χ0) is 19.3. The van der Waals surface area contributed by atoms with Crippen molar-refractivity contribution in [2.75, 3.05) is 5.73 Å². The van der Waals surface area contributed by atoms with Gasteiger partial charge in [-0.2, -0.15) is 0 Å². The highest BCUT2D eigenvalue weighted by Gasteiger charge is 2.14. The molecular weight excluding hydrogens is 360 g/mol. The molecule has 6 heteroatoms. The third kappa shape index (κ3) is 4.87. The number of aryl methyl sites for hydroxylation is 1. The lowest BCUT2D eigenvalue weighted by molar-refractivity contribution is 0.302. The molecule has 0 unspecified atom stereocenters. The summed E-state index contributed by atoms with van der Waals surface area (Å²) in [6, 6.07) is 21.5. The van der Waals surface area contributed by atoms with Gasteiger partial charge in [-0.25, -0.2) is 13.1 Å². The molecule has 0 aliphatic carbocycles. The smallest absolute Gasteiger partial charge is 0.240 e. The Balaban J connectivity index is 1.70. The third-order valence-corrected chi connectivity index (χ3v) is 5.68. The number of benzene rings is 3. The first-order chi connectivity index (χ1) is 13.0. The maximum Gasteiger partial charge on any atom is 0.240 e. The van der Waals surface area contributed by atoms with Crippen LogP contribution in [-0.4, -0.2) is 8.42 Å². The van der Waals surface area contributed by atoms with E-state index in [-0.39, 0.29) is 11.4 Å². The minimum absolute atomic E-state index is 0.136. The first-order valence-electron chi connectivity index (χ1n) is 8.56. The van der Waals surface area contributed by atoms with E-state index in [1.807, 2.05) is 55.5 Å². The summed E-state index contributed by atoms with van der Waals surface area (Å²) in [4.78, 5) is 0.176. The summed E-state index contributed by atoms with van der Waals surface area (Å²) in [5.74, 6) is 0.653. The number of nitrogens with two attached hydrogens (primary N) is 1. The van der Waals surface area contributed by atoms with Gasteiger partial charge in [-0.05, 0) is 48.4 Å². The van der Waals surface area contributed by atoms with Crippen molar-refractivity contribution in [1.82, 2.24) is 4.72 Å². The normalized spacial score (nSPS) is 11.3.